The van der Waals surface area contributed by atoms with Crippen LogP contribution in [0.2, 0.25) is 0 Å². The van der Waals surface area contributed by atoms with E-state index in [9.17, 15) is 5.11 Å². The van der Waals surface area contributed by atoms with E-state index in [4.69, 9.17) is 0 Å². The molecule has 2 heteroatoms. The van der Waals surface area contributed by atoms with E-state index < -0.39 is 5.60 Å². The lowest BCUT2D eigenvalue weighted by molar-refractivity contribution is 0.0500. The summed E-state index contributed by atoms with van der Waals surface area (Å²) in [6.45, 7) is 4.83. The monoisotopic (exact) mass is 129 g/mol. The second-order valence-corrected chi connectivity index (χ2v) is 3.46. The molecule has 0 saturated carbocycles. The van der Waals surface area contributed by atoms with Crippen LogP contribution >= 0.6 is 0 Å². The first-order valence-electron chi connectivity index (χ1n) is 3.54. The predicted octanol–water partition coefficient (Wildman–Crippen LogP) is 0.509. The highest BCUT2D eigenvalue weighted by atomic mass is 16.3. The zero-order chi connectivity index (χ0) is 6.91. The topological polar surface area (TPSA) is 32.3 Å². The summed E-state index contributed by atoms with van der Waals surface area (Å²) >= 11 is 0. The molecule has 1 saturated heterocycles. The van der Waals surface area contributed by atoms with E-state index in [0.29, 0.717) is 6.04 Å². The van der Waals surface area contributed by atoms with Gasteiger partial charge >= 0.3 is 0 Å². The Labute approximate surface area is 56.3 Å². The van der Waals surface area contributed by atoms with E-state index >= 15 is 0 Å². The first kappa shape index (κ1) is 7.03. The Morgan fingerprint density at radius 3 is 2.33 bits per heavy atom. The van der Waals surface area contributed by atoms with Crippen molar-refractivity contribution in [2.45, 2.75) is 38.3 Å². The van der Waals surface area contributed by atoms with Gasteiger partial charge in [0, 0.05) is 6.04 Å². The van der Waals surface area contributed by atoms with Gasteiger partial charge in [-0.2, -0.15) is 0 Å². The molecule has 2 N–H and O–H groups in total. The number of rotatable bonds is 2. The second kappa shape index (κ2) is 2.27. The molecule has 9 heavy (non-hydrogen) atoms. The summed E-state index contributed by atoms with van der Waals surface area (Å²) in [6, 6.07) is 0.574. The molecular weight excluding hydrogens is 114 g/mol. The fourth-order valence-electron chi connectivity index (χ4n) is 1.13. The Balaban J connectivity index is 2.16. The Kier molecular flexibility index (Phi) is 1.78. The van der Waals surface area contributed by atoms with Crippen LogP contribution in [0.3, 0.4) is 0 Å². The minimum Gasteiger partial charge on any atom is -0.390 e. The van der Waals surface area contributed by atoms with Crippen LogP contribution in [0.15, 0.2) is 0 Å². The molecule has 2 nitrogen and oxygen atoms in total. The summed E-state index contributed by atoms with van der Waals surface area (Å²) in [4.78, 5) is 0. The Morgan fingerprint density at radius 1 is 1.67 bits per heavy atom. The van der Waals surface area contributed by atoms with Crippen molar-refractivity contribution in [3.05, 3.63) is 0 Å². The normalized spacial score (nSPS) is 27.7. The summed E-state index contributed by atoms with van der Waals surface area (Å²) in [5.41, 5.74) is -0.488. The van der Waals surface area contributed by atoms with Crippen LogP contribution in [0, 0.1) is 0 Å². The molecule has 0 radical (unpaired) electrons. The fourth-order valence-corrected chi connectivity index (χ4v) is 1.13. The lowest BCUT2D eigenvalue weighted by Gasteiger charge is -2.32. The maximum absolute atomic E-state index is 9.31. The molecule has 0 amide bonds. The van der Waals surface area contributed by atoms with Crippen molar-refractivity contribution in [2.75, 3.05) is 6.54 Å². The number of hydrogen-bond acceptors (Lipinski definition) is 2. The second-order valence-electron chi connectivity index (χ2n) is 3.46. The number of nitrogens with one attached hydrogen (secondary N) is 1. The van der Waals surface area contributed by atoms with Crippen molar-refractivity contribution in [2.24, 2.45) is 0 Å². The standard InChI is InChI=1S/C7H15NO/c1-7(2,9)5-6-3-4-8-6/h6,8-9H,3-5H2,1-2H3. The van der Waals surface area contributed by atoms with Crippen LogP contribution in [0.25, 0.3) is 0 Å². The van der Waals surface area contributed by atoms with E-state index in [0.717, 1.165) is 13.0 Å². The van der Waals surface area contributed by atoms with Gasteiger partial charge in [0.1, 0.15) is 0 Å². The predicted molar refractivity (Wildman–Crippen MR) is 37.3 cm³/mol. The summed E-state index contributed by atoms with van der Waals surface area (Å²) in [5, 5.41) is 12.6. The van der Waals surface area contributed by atoms with Crippen LogP contribution in [0.4, 0.5) is 0 Å². The van der Waals surface area contributed by atoms with Crippen molar-refractivity contribution < 1.29 is 5.11 Å². The third-order valence-corrected chi connectivity index (χ3v) is 1.67. The maximum atomic E-state index is 9.31. The van der Waals surface area contributed by atoms with Crippen molar-refractivity contribution in [3.63, 3.8) is 0 Å². The van der Waals surface area contributed by atoms with Crippen molar-refractivity contribution >= 4 is 0 Å². The molecule has 1 heterocycles. The highest BCUT2D eigenvalue weighted by Crippen LogP contribution is 2.16. The zero-order valence-corrected chi connectivity index (χ0v) is 6.15. The van der Waals surface area contributed by atoms with Crippen molar-refractivity contribution in [1.29, 1.82) is 0 Å². The molecule has 1 rings (SSSR count). The van der Waals surface area contributed by atoms with Gasteiger partial charge in [-0.3, -0.25) is 0 Å². The third kappa shape index (κ3) is 2.33. The SMILES string of the molecule is CC(C)(O)CC1CCN1. The first-order valence-corrected chi connectivity index (χ1v) is 3.54. The Bertz CT molecular complexity index is 91.6. The van der Waals surface area contributed by atoms with E-state index in [1.807, 2.05) is 13.8 Å². The van der Waals surface area contributed by atoms with Crippen LogP contribution in [0.5, 0.6) is 0 Å². The van der Waals surface area contributed by atoms with Gasteiger partial charge in [0.05, 0.1) is 5.60 Å². The summed E-state index contributed by atoms with van der Waals surface area (Å²) in [6.07, 6.45) is 2.11. The molecule has 1 aliphatic heterocycles. The minimum atomic E-state index is -0.488. The van der Waals surface area contributed by atoms with Gasteiger partial charge in [-0.05, 0) is 33.2 Å². The lowest BCUT2D eigenvalue weighted by Crippen LogP contribution is -2.46. The summed E-state index contributed by atoms with van der Waals surface area (Å²) in [7, 11) is 0. The number of aliphatic hydroxyl groups is 1. The molecule has 0 aromatic carbocycles. The Morgan fingerprint density at radius 2 is 2.22 bits per heavy atom. The van der Waals surface area contributed by atoms with Gasteiger partial charge in [0.15, 0.2) is 0 Å². The highest BCUT2D eigenvalue weighted by molar-refractivity contribution is 4.83. The molecule has 0 aromatic rings. The lowest BCUT2D eigenvalue weighted by atomic mass is 9.93. The van der Waals surface area contributed by atoms with Gasteiger partial charge in [-0.15, -0.1) is 0 Å². The quantitative estimate of drug-likeness (QED) is 0.569. The zero-order valence-electron chi connectivity index (χ0n) is 6.15. The van der Waals surface area contributed by atoms with Crippen LogP contribution in [-0.2, 0) is 0 Å². The fraction of sp³-hybridized carbons (Fsp3) is 1.00. The van der Waals surface area contributed by atoms with Gasteiger partial charge in [-0.25, -0.2) is 0 Å². The van der Waals surface area contributed by atoms with Crippen molar-refractivity contribution in [3.8, 4) is 0 Å². The highest BCUT2D eigenvalue weighted by Gasteiger charge is 2.23. The average molecular weight is 129 g/mol. The van der Waals surface area contributed by atoms with E-state index in [1.165, 1.54) is 6.42 Å². The smallest absolute Gasteiger partial charge is 0.0606 e. The molecule has 0 spiro atoms. The van der Waals surface area contributed by atoms with Crippen LogP contribution in [-0.4, -0.2) is 23.3 Å². The van der Waals surface area contributed by atoms with Crippen LogP contribution < -0.4 is 5.32 Å². The minimum absolute atomic E-state index is 0.488. The molecule has 54 valence electrons. The molecule has 1 atom stereocenters. The summed E-state index contributed by atoms with van der Waals surface area (Å²) < 4.78 is 0. The van der Waals surface area contributed by atoms with E-state index in [-0.39, 0.29) is 0 Å². The molecule has 0 aliphatic carbocycles. The largest absolute Gasteiger partial charge is 0.390 e. The van der Waals surface area contributed by atoms with E-state index in [1.54, 1.807) is 0 Å². The first-order chi connectivity index (χ1) is 4.08. The third-order valence-electron chi connectivity index (χ3n) is 1.67. The molecule has 0 aromatic heterocycles. The maximum Gasteiger partial charge on any atom is 0.0606 e. The molecule has 1 aliphatic rings. The Hall–Kier alpha value is -0.0800. The van der Waals surface area contributed by atoms with Gasteiger partial charge in [-0.1, -0.05) is 0 Å². The molecule has 1 unspecified atom stereocenters. The van der Waals surface area contributed by atoms with Gasteiger partial charge < -0.3 is 10.4 Å². The van der Waals surface area contributed by atoms with E-state index in [2.05, 4.69) is 5.32 Å². The van der Waals surface area contributed by atoms with Gasteiger partial charge in [0.2, 0.25) is 0 Å². The molecule has 0 bridgehead atoms. The average Bonchev–Trinajstić information content (AvgIpc) is 1.53. The van der Waals surface area contributed by atoms with Crippen LogP contribution in [0.1, 0.15) is 26.7 Å². The molecular formula is C7H15NO. The van der Waals surface area contributed by atoms with Gasteiger partial charge in [0.25, 0.3) is 0 Å². The number of hydrogen-bond donors (Lipinski definition) is 2. The molecule has 1 fully saturated rings. The summed E-state index contributed by atoms with van der Waals surface area (Å²) in [5.74, 6) is 0. The van der Waals surface area contributed by atoms with Crippen molar-refractivity contribution in [1.82, 2.24) is 5.32 Å².